The molecule has 0 aliphatic carbocycles. The van der Waals surface area contributed by atoms with E-state index in [-0.39, 0.29) is 11.1 Å². The number of aromatic carboxylic acids is 1. The number of carboxylic acids is 1. The minimum absolute atomic E-state index is 0.0673. The molecule has 116 valence electrons. The molecule has 2 amide bonds. The summed E-state index contributed by atoms with van der Waals surface area (Å²) in [5, 5.41) is 14.0. The van der Waals surface area contributed by atoms with Crippen molar-refractivity contribution in [1.82, 2.24) is 5.32 Å². The van der Waals surface area contributed by atoms with Crippen LogP contribution in [0.3, 0.4) is 0 Å². The van der Waals surface area contributed by atoms with Gasteiger partial charge < -0.3 is 15.7 Å². The summed E-state index contributed by atoms with van der Waals surface area (Å²) in [5.41, 5.74) is -0.715. The molecule has 0 radical (unpaired) electrons. The van der Waals surface area contributed by atoms with Gasteiger partial charge in [0, 0.05) is 6.54 Å². The van der Waals surface area contributed by atoms with Crippen LogP contribution in [0.2, 0.25) is 0 Å². The number of amides is 2. The zero-order chi connectivity index (χ0) is 16.2. The molecule has 0 aliphatic heterocycles. The Kier molecular flexibility index (Phi) is 5.29. The van der Waals surface area contributed by atoms with Gasteiger partial charge in [0.1, 0.15) is 11.4 Å². The number of halogens is 1. The van der Waals surface area contributed by atoms with E-state index in [4.69, 9.17) is 5.11 Å². The number of benzene rings is 1. The molecule has 5 nitrogen and oxygen atoms in total. The summed E-state index contributed by atoms with van der Waals surface area (Å²) in [5.74, 6) is -1.95. The third kappa shape index (κ3) is 4.44. The minimum Gasteiger partial charge on any atom is -0.478 e. The molecule has 0 saturated heterocycles. The molecule has 0 atom stereocenters. The molecule has 3 N–H and O–H groups in total. The average Bonchev–Trinajstić information content (AvgIpc) is 2.36. The first-order valence-corrected chi connectivity index (χ1v) is 6.72. The molecule has 0 aromatic heterocycles. The summed E-state index contributed by atoms with van der Waals surface area (Å²) >= 11 is 0. The van der Waals surface area contributed by atoms with Gasteiger partial charge in [-0.05, 0) is 23.5 Å². The van der Waals surface area contributed by atoms with Gasteiger partial charge in [0.2, 0.25) is 0 Å². The van der Waals surface area contributed by atoms with Crippen molar-refractivity contribution in [3.63, 3.8) is 0 Å². The largest absolute Gasteiger partial charge is 0.478 e. The minimum atomic E-state index is -1.43. The van der Waals surface area contributed by atoms with Gasteiger partial charge in [-0.2, -0.15) is 0 Å². The highest BCUT2D eigenvalue weighted by Crippen LogP contribution is 2.25. The molecule has 0 fully saturated rings. The van der Waals surface area contributed by atoms with E-state index in [0.29, 0.717) is 12.5 Å². The van der Waals surface area contributed by atoms with Crippen LogP contribution in [0.15, 0.2) is 18.2 Å². The van der Waals surface area contributed by atoms with Gasteiger partial charge in [-0.15, -0.1) is 0 Å². The van der Waals surface area contributed by atoms with Crippen LogP contribution in [-0.2, 0) is 0 Å². The molecule has 0 heterocycles. The number of hydrogen-bond donors (Lipinski definition) is 3. The maximum atomic E-state index is 13.5. The fraction of sp³-hybridized carbons (Fsp3) is 0.467. The van der Waals surface area contributed by atoms with E-state index in [0.717, 1.165) is 6.07 Å². The second-order valence-electron chi connectivity index (χ2n) is 5.92. The Labute approximate surface area is 123 Å². The third-order valence-corrected chi connectivity index (χ3v) is 3.74. The number of anilines is 1. The standard InChI is InChI=1S/C15H21FN2O3/c1-9(2)15(3,4)8-17-14(21)18-11-7-5-6-10(16)12(11)13(19)20/h5-7,9H,8H2,1-4H3,(H,19,20)(H2,17,18,21). The molecule has 6 heteroatoms. The number of nitrogens with one attached hydrogen (secondary N) is 2. The second kappa shape index (κ2) is 6.56. The highest BCUT2D eigenvalue weighted by molar-refractivity contribution is 6.00. The molecule has 0 spiro atoms. The average molecular weight is 296 g/mol. The predicted octanol–water partition coefficient (Wildman–Crippen LogP) is 3.33. The van der Waals surface area contributed by atoms with Gasteiger partial charge in [-0.1, -0.05) is 33.8 Å². The quantitative estimate of drug-likeness (QED) is 0.780. The maximum absolute atomic E-state index is 13.5. The van der Waals surface area contributed by atoms with Crippen molar-refractivity contribution >= 4 is 17.7 Å². The van der Waals surface area contributed by atoms with Crippen LogP contribution in [0.1, 0.15) is 38.1 Å². The lowest BCUT2D eigenvalue weighted by Gasteiger charge is -2.29. The normalized spacial score (nSPS) is 11.3. The zero-order valence-corrected chi connectivity index (χ0v) is 12.7. The van der Waals surface area contributed by atoms with Crippen molar-refractivity contribution in [2.45, 2.75) is 27.7 Å². The molecule has 21 heavy (non-hydrogen) atoms. The molecule has 1 aromatic rings. The van der Waals surface area contributed by atoms with E-state index in [2.05, 4.69) is 24.5 Å². The Bertz CT molecular complexity index is 542. The summed E-state index contributed by atoms with van der Waals surface area (Å²) < 4.78 is 13.5. The van der Waals surface area contributed by atoms with E-state index >= 15 is 0 Å². The molecule has 1 rings (SSSR count). The molecule has 1 aromatic carbocycles. The molecule has 0 unspecified atom stereocenters. The predicted molar refractivity (Wildman–Crippen MR) is 79.0 cm³/mol. The van der Waals surface area contributed by atoms with Gasteiger partial charge in [0.15, 0.2) is 0 Å². The molecule has 0 aliphatic rings. The van der Waals surface area contributed by atoms with Crippen molar-refractivity contribution in [1.29, 1.82) is 0 Å². The number of carbonyl (C=O) groups excluding carboxylic acids is 1. The third-order valence-electron chi connectivity index (χ3n) is 3.74. The number of rotatable bonds is 5. The summed E-state index contributed by atoms with van der Waals surface area (Å²) in [6, 6.07) is 3.17. The Morgan fingerprint density at radius 1 is 1.33 bits per heavy atom. The van der Waals surface area contributed by atoms with Crippen molar-refractivity contribution in [2.24, 2.45) is 11.3 Å². The van der Waals surface area contributed by atoms with Crippen LogP contribution >= 0.6 is 0 Å². The Balaban J connectivity index is 2.77. The van der Waals surface area contributed by atoms with Gasteiger partial charge in [0.05, 0.1) is 5.69 Å². The van der Waals surface area contributed by atoms with Crippen LogP contribution in [0.5, 0.6) is 0 Å². The molecule has 0 saturated carbocycles. The lowest BCUT2D eigenvalue weighted by atomic mass is 9.81. The van der Waals surface area contributed by atoms with Crippen LogP contribution in [0.4, 0.5) is 14.9 Å². The van der Waals surface area contributed by atoms with Crippen molar-refractivity contribution in [3.8, 4) is 0 Å². The van der Waals surface area contributed by atoms with Gasteiger partial charge in [-0.25, -0.2) is 14.0 Å². The van der Waals surface area contributed by atoms with Crippen LogP contribution in [-0.4, -0.2) is 23.7 Å². The Morgan fingerprint density at radius 2 is 1.95 bits per heavy atom. The number of hydrogen-bond acceptors (Lipinski definition) is 2. The molecular weight excluding hydrogens is 275 g/mol. The van der Waals surface area contributed by atoms with E-state index in [1.165, 1.54) is 12.1 Å². The first-order chi connectivity index (χ1) is 9.65. The highest BCUT2D eigenvalue weighted by atomic mass is 19.1. The van der Waals surface area contributed by atoms with Gasteiger partial charge in [-0.3, -0.25) is 0 Å². The summed E-state index contributed by atoms with van der Waals surface area (Å²) in [6.45, 7) is 8.56. The topological polar surface area (TPSA) is 78.4 Å². The first kappa shape index (κ1) is 16.9. The van der Waals surface area contributed by atoms with E-state index < -0.39 is 23.4 Å². The van der Waals surface area contributed by atoms with Crippen molar-refractivity contribution in [3.05, 3.63) is 29.6 Å². The fourth-order valence-corrected chi connectivity index (χ4v) is 1.52. The van der Waals surface area contributed by atoms with Crippen LogP contribution < -0.4 is 10.6 Å². The van der Waals surface area contributed by atoms with Crippen molar-refractivity contribution < 1.29 is 19.1 Å². The first-order valence-electron chi connectivity index (χ1n) is 6.72. The van der Waals surface area contributed by atoms with Gasteiger partial charge >= 0.3 is 12.0 Å². The number of carboxylic acid groups (broad SMARTS) is 1. The summed E-state index contributed by atoms with van der Waals surface area (Å²) in [4.78, 5) is 22.8. The number of urea groups is 1. The van der Waals surface area contributed by atoms with Crippen LogP contribution in [0.25, 0.3) is 0 Å². The molecule has 0 bridgehead atoms. The number of carbonyl (C=O) groups is 2. The second-order valence-corrected chi connectivity index (χ2v) is 5.92. The maximum Gasteiger partial charge on any atom is 0.340 e. The Morgan fingerprint density at radius 3 is 2.48 bits per heavy atom. The SMILES string of the molecule is CC(C)C(C)(C)CNC(=O)Nc1cccc(F)c1C(=O)O. The highest BCUT2D eigenvalue weighted by Gasteiger charge is 2.23. The lowest BCUT2D eigenvalue weighted by molar-refractivity contribution is 0.0693. The smallest absolute Gasteiger partial charge is 0.340 e. The lowest BCUT2D eigenvalue weighted by Crippen LogP contribution is -2.39. The van der Waals surface area contributed by atoms with E-state index in [1.54, 1.807) is 0 Å². The van der Waals surface area contributed by atoms with Crippen molar-refractivity contribution in [2.75, 3.05) is 11.9 Å². The summed E-state index contributed by atoms with van der Waals surface area (Å²) in [6.07, 6.45) is 0. The summed E-state index contributed by atoms with van der Waals surface area (Å²) in [7, 11) is 0. The monoisotopic (exact) mass is 296 g/mol. The Hall–Kier alpha value is -2.11. The van der Waals surface area contributed by atoms with E-state index in [9.17, 15) is 14.0 Å². The van der Waals surface area contributed by atoms with E-state index in [1.807, 2.05) is 13.8 Å². The molecular formula is C15H21FN2O3. The fourth-order valence-electron chi connectivity index (χ4n) is 1.52. The zero-order valence-electron chi connectivity index (χ0n) is 12.7. The van der Waals surface area contributed by atoms with Gasteiger partial charge in [0.25, 0.3) is 0 Å². The van der Waals surface area contributed by atoms with Crippen LogP contribution in [0, 0.1) is 17.2 Å².